The molecular formula is C21H23FN4OS2. The number of aryl methyl sites for hydroxylation is 2. The first-order chi connectivity index (χ1) is 13.9. The van der Waals surface area contributed by atoms with Crippen molar-refractivity contribution in [2.45, 2.75) is 31.7 Å². The summed E-state index contributed by atoms with van der Waals surface area (Å²) in [5, 5.41) is 1.14. The van der Waals surface area contributed by atoms with E-state index in [2.05, 4.69) is 21.3 Å². The highest BCUT2D eigenvalue weighted by Crippen LogP contribution is 2.33. The second-order valence-electron chi connectivity index (χ2n) is 6.58. The lowest BCUT2D eigenvalue weighted by atomic mass is 10.1. The van der Waals surface area contributed by atoms with Gasteiger partial charge in [0.1, 0.15) is 11.6 Å². The Morgan fingerprint density at radius 2 is 1.97 bits per heavy atom. The molecule has 0 aliphatic carbocycles. The lowest BCUT2D eigenvalue weighted by Crippen LogP contribution is -2.14. The molecule has 152 valence electrons. The van der Waals surface area contributed by atoms with Crippen molar-refractivity contribution in [3.8, 4) is 10.9 Å². The van der Waals surface area contributed by atoms with Crippen LogP contribution in [-0.4, -0.2) is 34.2 Å². The molecule has 0 saturated heterocycles. The van der Waals surface area contributed by atoms with Crippen molar-refractivity contribution >= 4 is 35.3 Å². The summed E-state index contributed by atoms with van der Waals surface area (Å²) in [5.41, 5.74) is 3.95. The smallest absolute Gasteiger partial charge is 0.299 e. The van der Waals surface area contributed by atoms with Gasteiger partial charge in [-0.25, -0.2) is 9.38 Å². The summed E-state index contributed by atoms with van der Waals surface area (Å²) >= 11 is 2.71. The first kappa shape index (κ1) is 21.3. The zero-order valence-electron chi connectivity index (χ0n) is 16.8. The molecule has 0 bridgehead atoms. The van der Waals surface area contributed by atoms with Crippen LogP contribution in [0.5, 0.6) is 10.9 Å². The summed E-state index contributed by atoms with van der Waals surface area (Å²) in [5.74, 6) is 1.19. The largest absolute Gasteiger partial charge is 0.430 e. The maximum Gasteiger partial charge on any atom is 0.299 e. The fourth-order valence-electron chi connectivity index (χ4n) is 2.39. The number of halogens is 1. The van der Waals surface area contributed by atoms with Gasteiger partial charge in [-0.1, -0.05) is 23.9 Å². The molecule has 0 N–H and O–H groups in total. The van der Waals surface area contributed by atoms with Crippen molar-refractivity contribution in [3.05, 3.63) is 58.9 Å². The molecule has 3 aromatic rings. The molecule has 1 aromatic heterocycles. The highest BCUT2D eigenvalue weighted by Gasteiger charge is 2.11. The van der Waals surface area contributed by atoms with Gasteiger partial charge in [-0.05, 0) is 61.7 Å². The summed E-state index contributed by atoms with van der Waals surface area (Å²) < 4.78 is 23.3. The predicted molar refractivity (Wildman–Crippen MR) is 118 cm³/mol. The van der Waals surface area contributed by atoms with Gasteiger partial charge in [0.15, 0.2) is 0 Å². The summed E-state index contributed by atoms with van der Waals surface area (Å²) in [7, 11) is 1.99. The van der Waals surface area contributed by atoms with E-state index in [9.17, 15) is 4.39 Å². The molecule has 5 nitrogen and oxygen atoms in total. The van der Waals surface area contributed by atoms with E-state index >= 15 is 0 Å². The van der Waals surface area contributed by atoms with Crippen molar-refractivity contribution in [2.75, 3.05) is 13.6 Å². The molecule has 3 rings (SSSR count). The van der Waals surface area contributed by atoms with Crippen LogP contribution in [0.4, 0.5) is 10.1 Å². The summed E-state index contributed by atoms with van der Waals surface area (Å²) in [6, 6.07) is 10.4. The molecule has 0 saturated carbocycles. The van der Waals surface area contributed by atoms with Crippen LogP contribution in [0.1, 0.15) is 23.6 Å². The quantitative estimate of drug-likeness (QED) is 0.250. The third-order valence-electron chi connectivity index (χ3n) is 4.25. The molecule has 29 heavy (non-hydrogen) atoms. The van der Waals surface area contributed by atoms with Crippen LogP contribution in [0.3, 0.4) is 0 Å². The average Bonchev–Trinajstić information content (AvgIpc) is 3.16. The van der Waals surface area contributed by atoms with Crippen molar-refractivity contribution in [3.63, 3.8) is 0 Å². The number of nitrogens with zero attached hydrogens (tertiary/aromatic N) is 4. The standard InChI is InChI=1S/C21H23FN4OS2/c1-5-26(4)13-23-18-10-15(3)19(11-14(18)2)27-21-24-20(25-29-21)28-12-16-6-8-17(22)9-7-16/h6-11,13H,5,12H2,1-4H3/b23-13-. The normalized spacial score (nSPS) is 11.2. The van der Waals surface area contributed by atoms with Crippen LogP contribution in [0, 0.1) is 19.7 Å². The van der Waals surface area contributed by atoms with Crippen LogP contribution in [0.25, 0.3) is 0 Å². The van der Waals surface area contributed by atoms with Crippen LogP contribution >= 0.6 is 23.3 Å². The minimum absolute atomic E-state index is 0.235. The van der Waals surface area contributed by atoms with Crippen molar-refractivity contribution in [1.82, 2.24) is 14.3 Å². The summed E-state index contributed by atoms with van der Waals surface area (Å²) in [4.78, 5) is 11.0. The van der Waals surface area contributed by atoms with Crippen molar-refractivity contribution in [2.24, 2.45) is 4.99 Å². The monoisotopic (exact) mass is 430 g/mol. The number of hydrogen-bond acceptors (Lipinski definition) is 6. The molecule has 1 heterocycles. The van der Waals surface area contributed by atoms with E-state index in [1.165, 1.54) is 35.4 Å². The zero-order valence-corrected chi connectivity index (χ0v) is 18.5. The average molecular weight is 431 g/mol. The van der Waals surface area contributed by atoms with E-state index in [1.54, 1.807) is 12.1 Å². The topological polar surface area (TPSA) is 50.6 Å². The van der Waals surface area contributed by atoms with Gasteiger partial charge in [-0.15, -0.1) is 0 Å². The van der Waals surface area contributed by atoms with Gasteiger partial charge < -0.3 is 9.64 Å². The maximum atomic E-state index is 13.0. The van der Waals surface area contributed by atoms with Gasteiger partial charge in [0.25, 0.3) is 5.19 Å². The molecule has 0 spiro atoms. The summed E-state index contributed by atoms with van der Waals surface area (Å²) in [6.07, 6.45) is 1.83. The molecule has 0 amide bonds. The second kappa shape index (κ2) is 9.84. The minimum atomic E-state index is -0.235. The Labute approximate surface area is 178 Å². The molecule has 0 atom stereocenters. The van der Waals surface area contributed by atoms with E-state index in [0.29, 0.717) is 16.1 Å². The molecule has 0 aliphatic heterocycles. The Balaban J connectivity index is 1.65. The highest BCUT2D eigenvalue weighted by molar-refractivity contribution is 7.98. The van der Waals surface area contributed by atoms with Crippen LogP contribution in [0.2, 0.25) is 0 Å². The maximum absolute atomic E-state index is 13.0. The van der Waals surface area contributed by atoms with Gasteiger partial charge in [0.2, 0.25) is 5.16 Å². The predicted octanol–water partition coefficient (Wildman–Crippen LogP) is 5.99. The Bertz CT molecular complexity index is 989. The van der Waals surface area contributed by atoms with Gasteiger partial charge in [0, 0.05) is 30.9 Å². The minimum Gasteiger partial charge on any atom is -0.430 e. The molecule has 2 aromatic carbocycles. The van der Waals surface area contributed by atoms with E-state index in [0.717, 1.165) is 34.7 Å². The number of aliphatic imine (C=N–C) groups is 1. The molecule has 8 heteroatoms. The number of rotatable bonds is 8. The SMILES string of the molecule is CCN(C)/C=N\c1cc(C)c(Oc2nc(SCc3ccc(F)cc3)ns2)cc1C. The Kier molecular flexibility index (Phi) is 7.22. The number of hydrogen-bond donors (Lipinski definition) is 0. The van der Waals surface area contributed by atoms with E-state index in [4.69, 9.17) is 4.74 Å². The van der Waals surface area contributed by atoms with Gasteiger partial charge in [-0.3, -0.25) is 0 Å². The molecule has 0 aliphatic rings. The fourth-order valence-corrected chi connectivity index (χ4v) is 3.85. The summed E-state index contributed by atoms with van der Waals surface area (Å²) in [6.45, 7) is 6.98. The lowest BCUT2D eigenvalue weighted by molar-refractivity contribution is 0.471. The Morgan fingerprint density at radius 1 is 1.21 bits per heavy atom. The van der Waals surface area contributed by atoms with Gasteiger partial charge >= 0.3 is 0 Å². The van der Waals surface area contributed by atoms with Crippen molar-refractivity contribution in [1.29, 1.82) is 0 Å². The second-order valence-corrected chi connectivity index (χ2v) is 8.24. The number of thioether (sulfide) groups is 1. The zero-order chi connectivity index (χ0) is 20.8. The number of aromatic nitrogens is 2. The van der Waals surface area contributed by atoms with Crippen LogP contribution in [-0.2, 0) is 5.75 Å². The fraction of sp³-hybridized carbons (Fsp3) is 0.286. The molecule has 0 fully saturated rings. The van der Waals surface area contributed by atoms with Crippen LogP contribution < -0.4 is 4.74 Å². The van der Waals surface area contributed by atoms with Gasteiger partial charge in [0.05, 0.1) is 12.0 Å². The first-order valence-electron chi connectivity index (χ1n) is 9.19. The molecular weight excluding hydrogens is 407 g/mol. The number of ether oxygens (including phenoxy) is 1. The van der Waals surface area contributed by atoms with Gasteiger partial charge in [-0.2, -0.15) is 9.36 Å². The highest BCUT2D eigenvalue weighted by atomic mass is 32.2. The Morgan fingerprint density at radius 3 is 2.69 bits per heavy atom. The van der Waals surface area contributed by atoms with E-state index < -0.39 is 0 Å². The van der Waals surface area contributed by atoms with E-state index in [-0.39, 0.29) is 5.82 Å². The Hall–Kier alpha value is -2.45. The molecule has 0 radical (unpaired) electrons. The van der Waals surface area contributed by atoms with Crippen LogP contribution in [0.15, 0.2) is 46.5 Å². The third kappa shape index (κ3) is 6.01. The number of benzene rings is 2. The molecule has 0 unspecified atom stereocenters. The third-order valence-corrected chi connectivity index (χ3v) is 5.88. The lowest BCUT2D eigenvalue weighted by Gasteiger charge is -2.11. The van der Waals surface area contributed by atoms with Crippen molar-refractivity contribution < 1.29 is 9.13 Å². The van der Waals surface area contributed by atoms with E-state index in [1.807, 2.05) is 44.3 Å². The first-order valence-corrected chi connectivity index (χ1v) is 10.9.